The average Bonchev–Trinajstić information content (AvgIpc) is 2.03. The predicted octanol–water partition coefficient (Wildman–Crippen LogP) is 0.586. The lowest BCUT2D eigenvalue weighted by Crippen LogP contribution is -2.49. The first kappa shape index (κ1) is 11.0. The van der Waals surface area contributed by atoms with Crippen LogP contribution in [0.5, 0.6) is 5.75 Å². The molecule has 0 aliphatic carbocycles. The van der Waals surface area contributed by atoms with E-state index in [0.717, 1.165) is 6.92 Å². The first-order chi connectivity index (χ1) is 6.33. The van der Waals surface area contributed by atoms with Gasteiger partial charge >= 0.3 is 10.1 Å². The van der Waals surface area contributed by atoms with Crippen LogP contribution in [-0.2, 0) is 10.1 Å². The van der Waals surface area contributed by atoms with Crippen LogP contribution in [0.2, 0.25) is 0 Å². The summed E-state index contributed by atoms with van der Waals surface area (Å²) < 4.78 is 35.2. The Morgan fingerprint density at radius 3 is 2.29 bits per heavy atom. The second-order valence-electron chi connectivity index (χ2n) is 2.91. The quantitative estimate of drug-likeness (QED) is 0.571. The normalized spacial score (nSPS) is 15.9. The monoisotopic (exact) mass is 217 g/mol. The molecule has 1 aromatic carbocycles. The molecule has 0 radical (unpaired) electrons. The molecule has 14 heavy (non-hydrogen) atoms. The van der Waals surface area contributed by atoms with Crippen LogP contribution in [0.25, 0.3) is 0 Å². The van der Waals surface area contributed by atoms with Crippen LogP contribution >= 0.6 is 0 Å². The zero-order valence-electron chi connectivity index (χ0n) is 7.54. The van der Waals surface area contributed by atoms with E-state index in [4.69, 9.17) is 15.0 Å². The molecule has 3 N–H and O–H groups in total. The van der Waals surface area contributed by atoms with E-state index in [-0.39, 0.29) is 5.75 Å². The lowest BCUT2D eigenvalue weighted by atomic mass is 10.3. The van der Waals surface area contributed by atoms with Gasteiger partial charge in [-0.05, 0) is 12.1 Å². The largest absolute Gasteiger partial charge is 0.456 e. The number of nitrogens with two attached hydrogens (primary N) is 1. The Labute approximate surface area is 82.2 Å². The fourth-order valence-electron chi connectivity index (χ4n) is 0.775. The Bertz CT molecular complexity index is 399. The van der Waals surface area contributed by atoms with Crippen LogP contribution < -0.4 is 10.5 Å². The van der Waals surface area contributed by atoms with Gasteiger partial charge < -0.3 is 4.74 Å². The van der Waals surface area contributed by atoms with Crippen molar-refractivity contribution < 1.29 is 17.7 Å². The van der Waals surface area contributed by atoms with E-state index in [9.17, 15) is 8.42 Å². The van der Waals surface area contributed by atoms with Crippen LogP contribution in [0.3, 0.4) is 0 Å². The topological polar surface area (TPSA) is 89.6 Å². The SMILES string of the molecule is CC(N)(Oc1ccccc1)S(=O)(=O)O. The molecule has 78 valence electrons. The number of benzene rings is 1. The van der Waals surface area contributed by atoms with E-state index in [1.165, 1.54) is 12.1 Å². The van der Waals surface area contributed by atoms with Gasteiger partial charge in [-0.3, -0.25) is 10.3 Å². The minimum Gasteiger partial charge on any atom is -0.456 e. The van der Waals surface area contributed by atoms with Crippen LogP contribution in [0, 0.1) is 0 Å². The molecular weight excluding hydrogens is 206 g/mol. The van der Waals surface area contributed by atoms with Gasteiger partial charge in [-0.25, -0.2) is 0 Å². The summed E-state index contributed by atoms with van der Waals surface area (Å²) in [6, 6.07) is 8.14. The molecule has 1 rings (SSSR count). The van der Waals surface area contributed by atoms with Crippen molar-refractivity contribution in [1.82, 2.24) is 0 Å². The summed E-state index contributed by atoms with van der Waals surface area (Å²) >= 11 is 0. The summed E-state index contributed by atoms with van der Waals surface area (Å²) in [7, 11) is -4.45. The molecule has 6 heteroatoms. The van der Waals surface area contributed by atoms with Crippen molar-refractivity contribution in [2.75, 3.05) is 0 Å². The van der Waals surface area contributed by atoms with Gasteiger partial charge in [-0.1, -0.05) is 18.2 Å². The molecule has 5 nitrogen and oxygen atoms in total. The first-order valence-corrected chi connectivity index (χ1v) is 5.27. The molecule has 0 fully saturated rings. The van der Waals surface area contributed by atoms with Crippen LogP contribution in [0.4, 0.5) is 0 Å². The molecule has 0 aromatic heterocycles. The average molecular weight is 217 g/mol. The maximum atomic E-state index is 10.8. The maximum absolute atomic E-state index is 10.8. The van der Waals surface area contributed by atoms with Crippen LogP contribution in [0.1, 0.15) is 6.92 Å². The van der Waals surface area contributed by atoms with Crippen molar-refractivity contribution in [3.8, 4) is 5.75 Å². The predicted molar refractivity (Wildman–Crippen MR) is 51.2 cm³/mol. The van der Waals surface area contributed by atoms with Crippen molar-refractivity contribution in [2.24, 2.45) is 5.73 Å². The Morgan fingerprint density at radius 2 is 1.86 bits per heavy atom. The standard InChI is InChI=1S/C8H11NO4S/c1-8(9,14(10,11)12)13-7-5-3-2-4-6-7/h2-6H,9H2,1H3,(H,10,11,12). The molecule has 0 aliphatic heterocycles. The third-order valence-corrected chi connectivity index (χ3v) is 2.68. The smallest absolute Gasteiger partial charge is 0.320 e. The molecule has 0 heterocycles. The van der Waals surface area contributed by atoms with Crippen LogP contribution in [0.15, 0.2) is 30.3 Å². The molecule has 0 amide bonds. The van der Waals surface area contributed by atoms with Crippen molar-refractivity contribution in [1.29, 1.82) is 0 Å². The number of hydrogen-bond acceptors (Lipinski definition) is 4. The van der Waals surface area contributed by atoms with Crippen molar-refractivity contribution in [3.63, 3.8) is 0 Å². The Hall–Kier alpha value is -1.11. The third kappa shape index (κ3) is 2.44. The van der Waals surface area contributed by atoms with Gasteiger partial charge in [0.15, 0.2) is 0 Å². The van der Waals surface area contributed by atoms with Crippen molar-refractivity contribution in [3.05, 3.63) is 30.3 Å². The lowest BCUT2D eigenvalue weighted by molar-refractivity contribution is 0.166. The molecule has 1 unspecified atom stereocenters. The maximum Gasteiger partial charge on any atom is 0.320 e. The van der Waals surface area contributed by atoms with E-state index in [1.807, 2.05) is 0 Å². The fourth-order valence-corrected chi connectivity index (χ4v) is 0.977. The molecule has 1 aromatic rings. The number of ether oxygens (including phenoxy) is 1. The molecule has 0 saturated carbocycles. The third-order valence-electron chi connectivity index (χ3n) is 1.58. The number of rotatable bonds is 3. The highest BCUT2D eigenvalue weighted by atomic mass is 32.2. The summed E-state index contributed by atoms with van der Waals surface area (Å²) in [6.07, 6.45) is 0. The molecule has 0 spiro atoms. The number of para-hydroxylation sites is 1. The Morgan fingerprint density at radius 1 is 1.36 bits per heavy atom. The molecule has 0 saturated heterocycles. The highest BCUT2D eigenvalue weighted by molar-refractivity contribution is 7.87. The van der Waals surface area contributed by atoms with Crippen LogP contribution in [-0.4, -0.2) is 18.0 Å². The Kier molecular flexibility index (Phi) is 2.79. The van der Waals surface area contributed by atoms with Gasteiger partial charge in [0.25, 0.3) is 5.06 Å². The van der Waals surface area contributed by atoms with E-state index in [0.29, 0.717) is 0 Å². The van der Waals surface area contributed by atoms with Gasteiger partial charge in [0, 0.05) is 6.92 Å². The van der Waals surface area contributed by atoms with Gasteiger partial charge in [0.1, 0.15) is 5.75 Å². The van der Waals surface area contributed by atoms with Gasteiger partial charge in [0.2, 0.25) is 0 Å². The van der Waals surface area contributed by atoms with E-state index < -0.39 is 15.2 Å². The molecule has 0 bridgehead atoms. The molecular formula is C8H11NO4S. The van der Waals surface area contributed by atoms with Gasteiger partial charge in [-0.15, -0.1) is 0 Å². The summed E-state index contributed by atoms with van der Waals surface area (Å²) in [5, 5.41) is -2.13. The van der Waals surface area contributed by atoms with Gasteiger partial charge in [-0.2, -0.15) is 8.42 Å². The second-order valence-corrected chi connectivity index (χ2v) is 4.67. The first-order valence-electron chi connectivity index (χ1n) is 3.83. The number of hydrogen-bond donors (Lipinski definition) is 2. The minimum atomic E-state index is -4.45. The van der Waals surface area contributed by atoms with E-state index in [1.54, 1.807) is 18.2 Å². The zero-order valence-corrected chi connectivity index (χ0v) is 8.36. The summed E-state index contributed by atoms with van der Waals surface area (Å²) in [5.41, 5.74) is 5.27. The summed E-state index contributed by atoms with van der Waals surface area (Å²) in [5.74, 6) is 0.273. The Balaban J connectivity index is 2.90. The van der Waals surface area contributed by atoms with Crippen molar-refractivity contribution >= 4 is 10.1 Å². The molecule has 0 aliphatic rings. The minimum absolute atomic E-state index is 0.273. The summed E-state index contributed by atoms with van der Waals surface area (Å²) in [4.78, 5) is 0. The molecule has 1 atom stereocenters. The second kappa shape index (κ2) is 3.56. The van der Waals surface area contributed by atoms with Crippen molar-refractivity contribution in [2.45, 2.75) is 12.0 Å². The summed E-state index contributed by atoms with van der Waals surface area (Å²) in [6.45, 7) is 1.06. The van der Waals surface area contributed by atoms with E-state index in [2.05, 4.69) is 0 Å². The fraction of sp³-hybridized carbons (Fsp3) is 0.250. The van der Waals surface area contributed by atoms with E-state index >= 15 is 0 Å². The zero-order chi connectivity index (χ0) is 10.8. The van der Waals surface area contributed by atoms with Gasteiger partial charge in [0.05, 0.1) is 0 Å². The highest BCUT2D eigenvalue weighted by Crippen LogP contribution is 2.17. The lowest BCUT2D eigenvalue weighted by Gasteiger charge is -2.22. The highest BCUT2D eigenvalue weighted by Gasteiger charge is 2.35.